The number of nitrogens with zero attached hydrogens (tertiary/aromatic N) is 4. The van der Waals surface area contributed by atoms with Crippen LogP contribution in [0.4, 0.5) is 0 Å². The van der Waals surface area contributed by atoms with Gasteiger partial charge >= 0.3 is 0 Å². The monoisotopic (exact) mass is 446 g/mol. The van der Waals surface area contributed by atoms with Gasteiger partial charge in [0.25, 0.3) is 0 Å². The molecular formula is C21H26N4O5S. The van der Waals surface area contributed by atoms with Crippen molar-refractivity contribution >= 4 is 21.1 Å². The van der Waals surface area contributed by atoms with Crippen LogP contribution in [0.15, 0.2) is 41.3 Å². The molecule has 4 rings (SSSR count). The molecule has 0 N–H and O–H groups in total. The fourth-order valence-electron chi connectivity index (χ4n) is 3.27. The van der Waals surface area contributed by atoms with Crippen LogP contribution in [-0.4, -0.2) is 67.4 Å². The van der Waals surface area contributed by atoms with Gasteiger partial charge in [-0.1, -0.05) is 10.9 Å². The van der Waals surface area contributed by atoms with Gasteiger partial charge in [0, 0.05) is 19.5 Å². The highest BCUT2D eigenvalue weighted by atomic mass is 32.2. The number of fused-ring (bicyclic) bond motifs is 1. The Morgan fingerprint density at radius 3 is 2.61 bits per heavy atom. The number of aromatic nitrogens is 3. The third-order valence-electron chi connectivity index (χ3n) is 5.24. The summed E-state index contributed by atoms with van der Waals surface area (Å²) in [5, 5.41) is 8.03. The van der Waals surface area contributed by atoms with E-state index in [1.54, 1.807) is 18.2 Å². The summed E-state index contributed by atoms with van der Waals surface area (Å²) in [6, 6.07) is 10.7. The zero-order valence-electron chi connectivity index (χ0n) is 17.7. The summed E-state index contributed by atoms with van der Waals surface area (Å²) in [6.45, 7) is 6.43. The average molecular weight is 447 g/mol. The van der Waals surface area contributed by atoms with E-state index < -0.39 is 10.0 Å². The number of hydrogen-bond donors (Lipinski definition) is 0. The molecule has 0 bridgehead atoms. The van der Waals surface area contributed by atoms with Crippen LogP contribution in [0, 0.1) is 13.8 Å². The fraction of sp³-hybridized carbons (Fsp3) is 0.429. The predicted octanol–water partition coefficient (Wildman–Crippen LogP) is 1.97. The molecule has 1 aromatic heterocycles. The van der Waals surface area contributed by atoms with Crippen molar-refractivity contribution in [2.75, 3.05) is 39.5 Å². The third-order valence-corrected chi connectivity index (χ3v) is 7.14. The quantitative estimate of drug-likeness (QED) is 0.488. The van der Waals surface area contributed by atoms with Crippen molar-refractivity contribution in [3.05, 3.63) is 47.5 Å². The Bertz CT molecular complexity index is 1160. The minimum Gasteiger partial charge on any atom is -0.493 e. The minimum absolute atomic E-state index is 0.187. The van der Waals surface area contributed by atoms with E-state index in [-0.39, 0.29) is 4.90 Å². The summed E-state index contributed by atoms with van der Waals surface area (Å²) in [5.74, 6) is 0.826. The van der Waals surface area contributed by atoms with E-state index in [2.05, 4.69) is 24.2 Å². The number of benzene rings is 2. The molecule has 3 aromatic rings. The van der Waals surface area contributed by atoms with Gasteiger partial charge in [0.05, 0.1) is 24.7 Å². The zero-order chi connectivity index (χ0) is 21.8. The van der Waals surface area contributed by atoms with Gasteiger partial charge in [-0.15, -0.1) is 5.10 Å². The first kappa shape index (κ1) is 21.5. The average Bonchev–Trinajstić information content (AvgIpc) is 3.19. The fourth-order valence-corrected chi connectivity index (χ4v) is 4.70. The Hall–Kier alpha value is -2.69. The molecule has 0 radical (unpaired) electrons. The topological polar surface area (TPSA) is 95.8 Å². The lowest BCUT2D eigenvalue weighted by atomic mass is 10.1. The number of aryl methyl sites for hydroxylation is 2. The molecule has 2 aromatic carbocycles. The molecule has 9 nitrogen and oxygen atoms in total. The van der Waals surface area contributed by atoms with Crippen molar-refractivity contribution in [3.8, 4) is 5.75 Å². The van der Waals surface area contributed by atoms with Crippen LogP contribution in [0.1, 0.15) is 17.5 Å². The van der Waals surface area contributed by atoms with Crippen molar-refractivity contribution in [1.29, 1.82) is 0 Å². The second-order valence-corrected chi connectivity index (χ2v) is 9.35. The highest BCUT2D eigenvalue weighted by Gasteiger charge is 2.27. The van der Waals surface area contributed by atoms with Crippen molar-refractivity contribution in [2.45, 2.75) is 25.2 Å². The molecule has 166 valence electrons. The minimum atomic E-state index is -3.61. The van der Waals surface area contributed by atoms with Gasteiger partial charge in [0.2, 0.25) is 10.0 Å². The van der Waals surface area contributed by atoms with E-state index in [4.69, 9.17) is 14.3 Å². The van der Waals surface area contributed by atoms with Gasteiger partial charge in [0.15, 0.2) is 0 Å². The second kappa shape index (κ2) is 9.21. The molecule has 1 fully saturated rings. The lowest BCUT2D eigenvalue weighted by molar-refractivity contribution is 0.0730. The van der Waals surface area contributed by atoms with E-state index >= 15 is 0 Å². The third kappa shape index (κ3) is 4.81. The summed E-state index contributed by atoms with van der Waals surface area (Å²) in [6.07, 6.45) is 0.639. The summed E-state index contributed by atoms with van der Waals surface area (Å²) < 4.78 is 38.2. The predicted molar refractivity (Wildman–Crippen MR) is 115 cm³/mol. The zero-order valence-corrected chi connectivity index (χ0v) is 18.5. The van der Waals surface area contributed by atoms with Crippen LogP contribution < -0.4 is 9.57 Å². The molecule has 1 aliphatic heterocycles. The molecule has 0 amide bonds. The summed E-state index contributed by atoms with van der Waals surface area (Å²) in [4.78, 5) is 7.14. The summed E-state index contributed by atoms with van der Waals surface area (Å²) >= 11 is 0. The molecule has 2 heterocycles. The second-order valence-electron chi connectivity index (χ2n) is 7.41. The van der Waals surface area contributed by atoms with Gasteiger partial charge in [-0.2, -0.15) is 4.31 Å². The van der Waals surface area contributed by atoms with Gasteiger partial charge in [-0.05, 0) is 60.5 Å². The summed E-state index contributed by atoms with van der Waals surface area (Å²) in [7, 11) is -3.61. The van der Waals surface area contributed by atoms with Crippen LogP contribution in [0.25, 0.3) is 11.0 Å². The van der Waals surface area contributed by atoms with Crippen LogP contribution in [0.3, 0.4) is 0 Å². The lowest BCUT2D eigenvalue weighted by Crippen LogP contribution is -2.40. The Morgan fingerprint density at radius 2 is 1.84 bits per heavy atom. The van der Waals surface area contributed by atoms with E-state index in [9.17, 15) is 8.42 Å². The van der Waals surface area contributed by atoms with Crippen molar-refractivity contribution in [1.82, 2.24) is 19.5 Å². The molecule has 31 heavy (non-hydrogen) atoms. The van der Waals surface area contributed by atoms with E-state index in [0.717, 1.165) is 5.75 Å². The SMILES string of the molecule is Cc1ccc(OCCCOn2nnc3ccc(S(=O)(=O)N4CCOCC4)cc32)cc1C. The first-order valence-corrected chi connectivity index (χ1v) is 11.7. The van der Waals surface area contributed by atoms with E-state index in [0.29, 0.717) is 57.0 Å². The molecule has 0 atom stereocenters. The van der Waals surface area contributed by atoms with Gasteiger partial charge in [0.1, 0.15) is 23.4 Å². The molecule has 0 spiro atoms. The largest absolute Gasteiger partial charge is 0.493 e. The van der Waals surface area contributed by atoms with Gasteiger partial charge < -0.3 is 14.3 Å². The van der Waals surface area contributed by atoms with Crippen LogP contribution in [-0.2, 0) is 14.8 Å². The van der Waals surface area contributed by atoms with Gasteiger partial charge in [-0.3, -0.25) is 0 Å². The summed E-state index contributed by atoms with van der Waals surface area (Å²) in [5.41, 5.74) is 3.48. The van der Waals surface area contributed by atoms with Gasteiger partial charge in [-0.25, -0.2) is 8.42 Å². The maximum Gasteiger partial charge on any atom is 0.243 e. The number of morpholine rings is 1. The number of rotatable bonds is 8. The Kier molecular flexibility index (Phi) is 6.40. The number of hydrogen-bond acceptors (Lipinski definition) is 7. The Labute approximate surface area is 181 Å². The first-order valence-electron chi connectivity index (χ1n) is 10.2. The maximum atomic E-state index is 12.9. The Morgan fingerprint density at radius 1 is 1.03 bits per heavy atom. The van der Waals surface area contributed by atoms with Crippen LogP contribution >= 0.6 is 0 Å². The van der Waals surface area contributed by atoms with Crippen LogP contribution in [0.2, 0.25) is 0 Å². The Balaban J connectivity index is 1.38. The molecule has 1 aliphatic rings. The number of sulfonamides is 1. The molecular weight excluding hydrogens is 420 g/mol. The highest BCUT2D eigenvalue weighted by molar-refractivity contribution is 7.89. The van der Waals surface area contributed by atoms with Crippen LogP contribution in [0.5, 0.6) is 5.75 Å². The highest BCUT2D eigenvalue weighted by Crippen LogP contribution is 2.21. The number of ether oxygens (including phenoxy) is 2. The molecule has 0 saturated carbocycles. The maximum absolute atomic E-state index is 12.9. The lowest BCUT2D eigenvalue weighted by Gasteiger charge is -2.26. The molecule has 10 heteroatoms. The molecule has 1 saturated heterocycles. The normalized spacial score (nSPS) is 15.3. The molecule has 0 aliphatic carbocycles. The van der Waals surface area contributed by atoms with E-state index in [1.165, 1.54) is 20.3 Å². The molecule has 0 unspecified atom stereocenters. The van der Waals surface area contributed by atoms with Crippen molar-refractivity contribution < 1.29 is 22.7 Å². The van der Waals surface area contributed by atoms with Crippen molar-refractivity contribution in [3.63, 3.8) is 0 Å². The first-order chi connectivity index (χ1) is 14.9. The smallest absolute Gasteiger partial charge is 0.243 e. The van der Waals surface area contributed by atoms with Crippen molar-refractivity contribution in [2.24, 2.45) is 0 Å². The van der Waals surface area contributed by atoms with E-state index in [1.807, 2.05) is 18.2 Å². The standard InChI is InChI=1S/C21H26N4O5S/c1-16-4-5-18(14-17(16)2)29-10-3-11-30-25-21-15-19(6-7-20(21)22-23-25)31(26,27)24-8-12-28-13-9-24/h4-7,14-15H,3,8-13H2,1-2H3.